The highest BCUT2D eigenvalue weighted by atomic mass is 35.5. The highest BCUT2D eigenvalue weighted by Crippen LogP contribution is 2.34. The molecule has 4 aromatic rings. The van der Waals surface area contributed by atoms with Crippen molar-refractivity contribution in [2.45, 2.75) is 0 Å². The molecule has 0 saturated carbocycles. The Kier molecular flexibility index (Phi) is 7.21. The summed E-state index contributed by atoms with van der Waals surface area (Å²) in [6.45, 7) is 0. The lowest BCUT2D eigenvalue weighted by atomic mass is 10.2. The maximum atomic E-state index is 12.2. The molecule has 4 rings (SSSR count). The van der Waals surface area contributed by atoms with E-state index in [0.717, 1.165) is 10.3 Å². The molecule has 11 heteroatoms. The van der Waals surface area contributed by atoms with Gasteiger partial charge in [-0.15, -0.1) is 0 Å². The van der Waals surface area contributed by atoms with Crippen LogP contribution in [0, 0.1) is 0 Å². The summed E-state index contributed by atoms with van der Waals surface area (Å²) in [5, 5.41) is 7.54. The number of benzene rings is 2. The Bertz CT molecular complexity index is 1380. The van der Waals surface area contributed by atoms with E-state index in [9.17, 15) is 4.79 Å². The summed E-state index contributed by atoms with van der Waals surface area (Å²) < 4.78 is 11.8. The van der Waals surface area contributed by atoms with Gasteiger partial charge in [0.15, 0.2) is 10.2 Å². The zero-order chi connectivity index (χ0) is 23.5. The van der Waals surface area contributed by atoms with Crippen LogP contribution in [0.15, 0.2) is 53.0 Å². The van der Waals surface area contributed by atoms with Crippen LogP contribution < -0.4 is 15.4 Å². The van der Waals surface area contributed by atoms with Crippen molar-refractivity contribution in [1.82, 2.24) is 10.3 Å². The van der Waals surface area contributed by atoms with E-state index in [2.05, 4.69) is 15.6 Å². The molecule has 33 heavy (non-hydrogen) atoms. The van der Waals surface area contributed by atoms with Crippen LogP contribution in [0.5, 0.6) is 5.75 Å². The first kappa shape index (κ1) is 23.5. The van der Waals surface area contributed by atoms with Crippen LogP contribution in [0.1, 0.15) is 5.76 Å². The predicted octanol–water partition coefficient (Wildman–Crippen LogP) is 7.05. The molecule has 0 aliphatic heterocycles. The quantitative estimate of drug-likeness (QED) is 0.209. The Morgan fingerprint density at radius 2 is 1.91 bits per heavy atom. The van der Waals surface area contributed by atoms with Gasteiger partial charge >= 0.3 is 0 Å². The normalized spacial score (nSPS) is 11.2. The maximum absolute atomic E-state index is 12.2. The first-order valence-electron chi connectivity index (χ1n) is 9.31. The zero-order valence-corrected chi connectivity index (χ0v) is 20.7. The molecular formula is C22H14Cl3N3O3S2. The number of hydrogen-bond acceptors (Lipinski definition) is 6. The van der Waals surface area contributed by atoms with Crippen LogP contribution in [0.4, 0.5) is 5.13 Å². The number of thiocarbonyl (C=S) groups is 1. The first-order chi connectivity index (χ1) is 15.8. The monoisotopic (exact) mass is 537 g/mol. The standard InChI is InChI=1S/C22H14Cl3N3O3S2/c1-30-18-10-19-16(9-15(18)25)26-22(33-19)28-21(32)27-20(29)5-3-14-2-4-17(31-14)11-6-12(23)8-13(24)7-11/h2-10H,1H3,(H2,26,27,28,29,32)/b5-3+. The van der Waals surface area contributed by atoms with Gasteiger partial charge in [0.25, 0.3) is 0 Å². The van der Waals surface area contributed by atoms with Gasteiger partial charge in [0.2, 0.25) is 5.91 Å². The summed E-state index contributed by atoms with van der Waals surface area (Å²) >= 11 is 24.8. The number of ether oxygens (including phenoxy) is 1. The van der Waals surface area contributed by atoms with Crippen LogP contribution in [0.2, 0.25) is 15.1 Å². The topological polar surface area (TPSA) is 76.4 Å². The fraction of sp³-hybridized carbons (Fsp3) is 0.0455. The Morgan fingerprint density at radius 3 is 2.64 bits per heavy atom. The predicted molar refractivity (Wildman–Crippen MR) is 139 cm³/mol. The smallest absolute Gasteiger partial charge is 0.250 e. The molecule has 0 unspecified atom stereocenters. The number of rotatable bonds is 5. The molecule has 0 atom stereocenters. The summed E-state index contributed by atoms with van der Waals surface area (Å²) in [7, 11) is 1.54. The second-order valence-corrected chi connectivity index (χ2v) is 9.33. The van der Waals surface area contributed by atoms with Gasteiger partial charge in [0.05, 0.1) is 22.3 Å². The number of nitrogens with zero attached hydrogens (tertiary/aromatic N) is 1. The lowest BCUT2D eigenvalue weighted by molar-refractivity contribution is -0.115. The highest BCUT2D eigenvalue weighted by molar-refractivity contribution is 7.80. The Balaban J connectivity index is 1.37. The number of carbonyl (C=O) groups excluding carboxylic acids is 1. The number of amides is 1. The molecule has 2 aromatic heterocycles. The third-order valence-corrected chi connectivity index (χ3v) is 6.16. The SMILES string of the molecule is COc1cc2sc(NC(=S)NC(=O)/C=C/c3ccc(-c4cc(Cl)cc(Cl)c4)o3)nc2cc1Cl. The van der Waals surface area contributed by atoms with E-state index >= 15 is 0 Å². The largest absolute Gasteiger partial charge is 0.495 e. The fourth-order valence-corrected chi connectivity index (χ4v) is 4.78. The van der Waals surface area contributed by atoms with Crippen molar-refractivity contribution >= 4 is 90.8 Å². The Hall–Kier alpha value is -2.62. The summed E-state index contributed by atoms with van der Waals surface area (Å²) in [5.41, 5.74) is 1.42. The van der Waals surface area contributed by atoms with Gasteiger partial charge in [-0.2, -0.15) is 0 Å². The van der Waals surface area contributed by atoms with Crippen LogP contribution in [0.3, 0.4) is 0 Å². The van der Waals surface area contributed by atoms with E-state index in [4.69, 9.17) is 56.2 Å². The lowest BCUT2D eigenvalue weighted by Gasteiger charge is -2.04. The summed E-state index contributed by atoms with van der Waals surface area (Å²) in [4.78, 5) is 16.6. The van der Waals surface area contributed by atoms with Crippen molar-refractivity contribution in [2.24, 2.45) is 0 Å². The number of nitrogens with one attached hydrogen (secondary N) is 2. The number of thiazole rings is 1. The van der Waals surface area contributed by atoms with Gasteiger partial charge in [-0.05, 0) is 54.7 Å². The number of aromatic nitrogens is 1. The van der Waals surface area contributed by atoms with E-state index in [1.165, 1.54) is 23.5 Å². The van der Waals surface area contributed by atoms with Crippen LogP contribution in [-0.4, -0.2) is 23.1 Å². The molecule has 2 N–H and O–H groups in total. The number of anilines is 1. The van der Waals surface area contributed by atoms with E-state index in [0.29, 0.717) is 43.0 Å². The molecule has 0 saturated heterocycles. The van der Waals surface area contributed by atoms with Crippen molar-refractivity contribution in [3.05, 3.63) is 69.4 Å². The molecule has 2 heterocycles. The van der Waals surface area contributed by atoms with Crippen LogP contribution >= 0.6 is 58.4 Å². The summed E-state index contributed by atoms with van der Waals surface area (Å²) in [5.74, 6) is 1.18. The average Bonchev–Trinajstić information content (AvgIpc) is 3.37. The van der Waals surface area contributed by atoms with Crippen molar-refractivity contribution in [3.63, 3.8) is 0 Å². The van der Waals surface area contributed by atoms with Crippen molar-refractivity contribution in [1.29, 1.82) is 0 Å². The first-order valence-corrected chi connectivity index (χ1v) is 11.7. The summed E-state index contributed by atoms with van der Waals surface area (Å²) in [6.07, 6.45) is 2.84. The van der Waals surface area contributed by atoms with Gasteiger partial charge in [-0.3, -0.25) is 10.1 Å². The van der Waals surface area contributed by atoms with Crippen molar-refractivity contribution < 1.29 is 13.9 Å². The minimum Gasteiger partial charge on any atom is -0.495 e. The molecule has 0 aliphatic carbocycles. The number of carbonyl (C=O) groups is 1. The van der Waals surface area contributed by atoms with Gasteiger partial charge in [0, 0.05) is 27.8 Å². The minimum absolute atomic E-state index is 0.107. The summed E-state index contributed by atoms with van der Waals surface area (Å²) in [6, 6.07) is 12.1. The van der Waals surface area contributed by atoms with Crippen molar-refractivity contribution in [2.75, 3.05) is 12.4 Å². The van der Waals surface area contributed by atoms with E-state index < -0.39 is 5.91 Å². The highest BCUT2D eigenvalue weighted by Gasteiger charge is 2.11. The molecule has 2 aromatic carbocycles. The molecule has 1 amide bonds. The molecule has 6 nitrogen and oxygen atoms in total. The number of methoxy groups -OCH3 is 1. The fourth-order valence-electron chi connectivity index (χ4n) is 2.87. The Morgan fingerprint density at radius 1 is 1.15 bits per heavy atom. The molecule has 0 fully saturated rings. The van der Waals surface area contributed by atoms with Gasteiger partial charge in [-0.25, -0.2) is 4.98 Å². The second kappa shape index (κ2) is 10.1. The van der Waals surface area contributed by atoms with Gasteiger partial charge in [0.1, 0.15) is 17.3 Å². The minimum atomic E-state index is -0.429. The van der Waals surface area contributed by atoms with Crippen LogP contribution in [-0.2, 0) is 4.79 Å². The number of halogens is 3. The van der Waals surface area contributed by atoms with Crippen LogP contribution in [0.25, 0.3) is 27.6 Å². The molecule has 0 spiro atoms. The van der Waals surface area contributed by atoms with Crippen molar-refractivity contribution in [3.8, 4) is 17.1 Å². The maximum Gasteiger partial charge on any atom is 0.250 e. The molecule has 0 radical (unpaired) electrons. The number of fused-ring (bicyclic) bond motifs is 1. The van der Waals surface area contributed by atoms with Gasteiger partial charge in [-0.1, -0.05) is 46.1 Å². The number of hydrogen-bond donors (Lipinski definition) is 2. The van der Waals surface area contributed by atoms with E-state index in [1.54, 1.807) is 49.6 Å². The number of furan rings is 1. The molecule has 0 bridgehead atoms. The zero-order valence-electron chi connectivity index (χ0n) is 16.8. The van der Waals surface area contributed by atoms with E-state index in [1.807, 2.05) is 0 Å². The third kappa shape index (κ3) is 5.85. The lowest BCUT2D eigenvalue weighted by Crippen LogP contribution is -2.32. The van der Waals surface area contributed by atoms with E-state index in [-0.39, 0.29) is 5.11 Å². The third-order valence-electron chi connectivity index (χ3n) is 4.29. The second-order valence-electron chi connectivity index (χ2n) is 6.61. The molecule has 168 valence electrons. The molecular weight excluding hydrogens is 525 g/mol. The average molecular weight is 539 g/mol. The van der Waals surface area contributed by atoms with Gasteiger partial charge < -0.3 is 14.5 Å². The Labute approximate surface area is 213 Å². The molecule has 0 aliphatic rings.